The molecule has 1 aromatic heterocycles. The normalized spacial score (nSPS) is 10.9. The Hall–Kier alpha value is -3.06. The summed E-state index contributed by atoms with van der Waals surface area (Å²) in [5.41, 5.74) is 3.22. The first-order valence-electron chi connectivity index (χ1n) is 15.4. The van der Waals surface area contributed by atoms with Crippen LogP contribution in [0.4, 0.5) is 17.2 Å². The molecule has 0 saturated carbocycles. The van der Waals surface area contributed by atoms with Crippen molar-refractivity contribution in [1.29, 1.82) is 0 Å². The molecule has 0 spiro atoms. The minimum atomic E-state index is 0.0263. The number of para-hydroxylation sites is 1. The molecule has 0 aliphatic rings. The summed E-state index contributed by atoms with van der Waals surface area (Å²) in [6.45, 7) is 9.99. The summed E-state index contributed by atoms with van der Waals surface area (Å²) >= 11 is 1.56. The van der Waals surface area contributed by atoms with Crippen molar-refractivity contribution in [1.82, 2.24) is 9.97 Å². The van der Waals surface area contributed by atoms with Crippen LogP contribution in [0.3, 0.4) is 0 Å². The van der Waals surface area contributed by atoms with E-state index in [0.717, 1.165) is 74.2 Å². The van der Waals surface area contributed by atoms with Crippen LogP contribution in [0.25, 0.3) is 0 Å². The molecule has 6 nitrogen and oxygen atoms in total. The first kappa shape index (κ1) is 32.5. The van der Waals surface area contributed by atoms with E-state index in [1.165, 1.54) is 36.9 Å². The van der Waals surface area contributed by atoms with Gasteiger partial charge in [0.05, 0.1) is 0 Å². The maximum Gasteiger partial charge on any atom is 0.224 e. The molecule has 0 aliphatic heterocycles. The van der Waals surface area contributed by atoms with Crippen LogP contribution in [-0.2, 0) is 11.3 Å². The Kier molecular flexibility index (Phi) is 14.6. The largest absolute Gasteiger partial charge is 0.372 e. The zero-order chi connectivity index (χ0) is 29.3. The summed E-state index contributed by atoms with van der Waals surface area (Å²) in [4.78, 5) is 27.6. The summed E-state index contributed by atoms with van der Waals surface area (Å²) in [6.07, 6.45) is 11.4. The number of carbonyl (C=O) groups is 1. The minimum Gasteiger partial charge on any atom is -0.372 e. The molecule has 3 aromatic rings. The van der Waals surface area contributed by atoms with E-state index in [2.05, 4.69) is 83.6 Å². The highest BCUT2D eigenvalue weighted by Gasteiger charge is 2.21. The average molecular weight is 576 g/mol. The fraction of sp³-hybridized carbons (Fsp3) is 0.500. The van der Waals surface area contributed by atoms with Gasteiger partial charge < -0.3 is 15.1 Å². The van der Waals surface area contributed by atoms with Crippen molar-refractivity contribution in [3.8, 4) is 0 Å². The summed E-state index contributed by atoms with van der Waals surface area (Å²) in [7, 11) is 0. The monoisotopic (exact) mass is 575 g/mol. The molecule has 1 heterocycles. The van der Waals surface area contributed by atoms with Crippen LogP contribution in [0.2, 0.25) is 0 Å². The molecule has 2 aromatic carbocycles. The Morgan fingerprint density at radius 1 is 0.780 bits per heavy atom. The van der Waals surface area contributed by atoms with Crippen LogP contribution in [0, 0.1) is 6.92 Å². The number of thioether (sulfide) groups is 1. The van der Waals surface area contributed by atoms with E-state index in [1.807, 2.05) is 19.2 Å². The van der Waals surface area contributed by atoms with Gasteiger partial charge in [-0.1, -0.05) is 88.1 Å². The quantitative estimate of drug-likeness (QED) is 0.0878. The molecule has 7 heteroatoms. The van der Waals surface area contributed by atoms with Crippen molar-refractivity contribution in [2.75, 3.05) is 41.0 Å². The van der Waals surface area contributed by atoms with Crippen molar-refractivity contribution in [2.24, 2.45) is 0 Å². The molecular formula is C34H49N5OS. The average Bonchev–Trinajstić information content (AvgIpc) is 2.99. The standard InChI is InChI=1S/C34H49N5OS/c1-5-7-8-9-17-26-39(27-29-19-12-10-13-20-29)33-32(34(41-4)36-28(3)35-33)37-31(40)23-16-18-25-38(24-6-2)30-21-14-11-15-22-30/h10-15,19-22H,5-9,16-18,23-27H2,1-4H3,(H,37,40). The Morgan fingerprint density at radius 3 is 2.12 bits per heavy atom. The lowest BCUT2D eigenvalue weighted by molar-refractivity contribution is -0.116. The van der Waals surface area contributed by atoms with E-state index in [1.54, 1.807) is 11.8 Å². The lowest BCUT2D eigenvalue weighted by Crippen LogP contribution is -2.28. The molecule has 3 rings (SSSR count). The Morgan fingerprint density at radius 2 is 1.44 bits per heavy atom. The molecular weight excluding hydrogens is 526 g/mol. The fourth-order valence-corrected chi connectivity index (χ4v) is 5.63. The number of unbranched alkanes of at least 4 members (excludes halogenated alkanes) is 5. The highest BCUT2D eigenvalue weighted by atomic mass is 32.2. The van der Waals surface area contributed by atoms with Crippen LogP contribution in [-0.4, -0.2) is 41.8 Å². The molecule has 1 N–H and O–H groups in total. The maximum absolute atomic E-state index is 13.3. The number of hydrogen-bond donors (Lipinski definition) is 1. The zero-order valence-corrected chi connectivity index (χ0v) is 26.4. The van der Waals surface area contributed by atoms with Crippen molar-refractivity contribution in [3.63, 3.8) is 0 Å². The highest BCUT2D eigenvalue weighted by Crippen LogP contribution is 2.34. The second-order valence-corrected chi connectivity index (χ2v) is 11.4. The molecule has 0 fully saturated rings. The van der Waals surface area contributed by atoms with Gasteiger partial charge in [-0.15, -0.1) is 11.8 Å². The molecule has 222 valence electrons. The van der Waals surface area contributed by atoms with Gasteiger partial charge in [-0.2, -0.15) is 0 Å². The molecule has 0 bridgehead atoms. The fourth-order valence-electron chi connectivity index (χ4n) is 5.06. The SMILES string of the molecule is CCCCCCCN(Cc1ccccc1)c1nc(C)nc(SC)c1NC(=O)CCCCN(CCC)c1ccccc1. The summed E-state index contributed by atoms with van der Waals surface area (Å²) in [5, 5.41) is 4.06. The summed E-state index contributed by atoms with van der Waals surface area (Å²) in [6, 6.07) is 21.1. The van der Waals surface area contributed by atoms with E-state index in [-0.39, 0.29) is 5.91 Å². The number of anilines is 3. The number of aryl methyl sites for hydroxylation is 1. The minimum absolute atomic E-state index is 0.0263. The number of carbonyl (C=O) groups excluding carboxylic acids is 1. The van der Waals surface area contributed by atoms with Gasteiger partial charge in [0.15, 0.2) is 5.82 Å². The van der Waals surface area contributed by atoms with Gasteiger partial charge in [0.25, 0.3) is 0 Å². The highest BCUT2D eigenvalue weighted by molar-refractivity contribution is 7.98. The molecule has 0 atom stereocenters. The molecule has 0 aliphatic carbocycles. The topological polar surface area (TPSA) is 61.4 Å². The van der Waals surface area contributed by atoms with Crippen molar-refractivity contribution in [2.45, 2.75) is 90.1 Å². The van der Waals surface area contributed by atoms with Gasteiger partial charge >= 0.3 is 0 Å². The molecule has 0 saturated heterocycles. The Bertz CT molecular complexity index is 1160. The smallest absolute Gasteiger partial charge is 0.224 e. The van der Waals surface area contributed by atoms with Gasteiger partial charge in [0.1, 0.15) is 16.5 Å². The predicted molar refractivity (Wildman–Crippen MR) is 176 cm³/mol. The van der Waals surface area contributed by atoms with Crippen molar-refractivity contribution < 1.29 is 4.79 Å². The maximum atomic E-state index is 13.3. The van der Waals surface area contributed by atoms with E-state index in [0.29, 0.717) is 6.42 Å². The third kappa shape index (κ3) is 11.0. The molecule has 1 amide bonds. The number of amides is 1. The van der Waals surface area contributed by atoms with Gasteiger partial charge in [-0.3, -0.25) is 4.79 Å². The second-order valence-electron chi connectivity index (χ2n) is 10.6. The van der Waals surface area contributed by atoms with E-state index in [9.17, 15) is 4.79 Å². The Balaban J connectivity index is 1.71. The lowest BCUT2D eigenvalue weighted by Gasteiger charge is -2.27. The van der Waals surface area contributed by atoms with Crippen LogP contribution >= 0.6 is 11.8 Å². The van der Waals surface area contributed by atoms with Crippen molar-refractivity contribution in [3.05, 3.63) is 72.1 Å². The third-order valence-corrected chi connectivity index (χ3v) is 7.85. The number of nitrogens with zero attached hydrogens (tertiary/aromatic N) is 4. The second kappa shape index (κ2) is 18.4. The number of rotatable bonds is 19. The number of nitrogens with one attached hydrogen (secondary N) is 1. The van der Waals surface area contributed by atoms with Gasteiger partial charge in [0.2, 0.25) is 5.91 Å². The third-order valence-electron chi connectivity index (χ3n) is 7.17. The van der Waals surface area contributed by atoms with Gasteiger partial charge in [0, 0.05) is 38.3 Å². The number of hydrogen-bond acceptors (Lipinski definition) is 6. The molecule has 41 heavy (non-hydrogen) atoms. The van der Waals surface area contributed by atoms with Crippen LogP contribution in [0.1, 0.15) is 83.0 Å². The number of benzene rings is 2. The van der Waals surface area contributed by atoms with Crippen LogP contribution in [0.5, 0.6) is 0 Å². The van der Waals surface area contributed by atoms with Crippen LogP contribution < -0.4 is 15.1 Å². The van der Waals surface area contributed by atoms with E-state index in [4.69, 9.17) is 9.97 Å². The predicted octanol–water partition coefficient (Wildman–Crippen LogP) is 8.51. The first-order chi connectivity index (χ1) is 20.0. The molecule has 0 radical (unpaired) electrons. The van der Waals surface area contributed by atoms with E-state index >= 15 is 0 Å². The van der Waals surface area contributed by atoms with Gasteiger partial charge in [-0.05, 0) is 56.6 Å². The van der Waals surface area contributed by atoms with Gasteiger partial charge in [-0.25, -0.2) is 9.97 Å². The van der Waals surface area contributed by atoms with E-state index < -0.39 is 0 Å². The number of aromatic nitrogens is 2. The first-order valence-corrected chi connectivity index (χ1v) is 16.6. The Labute approximate surface area is 252 Å². The molecule has 0 unspecified atom stereocenters. The van der Waals surface area contributed by atoms with Crippen LogP contribution in [0.15, 0.2) is 65.7 Å². The lowest BCUT2D eigenvalue weighted by atomic mass is 10.1. The van der Waals surface area contributed by atoms with Crippen molar-refractivity contribution >= 4 is 34.9 Å². The summed E-state index contributed by atoms with van der Waals surface area (Å²) < 4.78 is 0. The summed E-state index contributed by atoms with van der Waals surface area (Å²) in [5.74, 6) is 1.58. The zero-order valence-electron chi connectivity index (χ0n) is 25.6.